The summed E-state index contributed by atoms with van der Waals surface area (Å²) < 4.78 is 5.96. The van der Waals surface area contributed by atoms with E-state index in [1.807, 2.05) is 0 Å². The van der Waals surface area contributed by atoms with Gasteiger partial charge in [0, 0.05) is 5.56 Å². The van der Waals surface area contributed by atoms with Crippen LogP contribution in [0.25, 0.3) is 11.3 Å². The molecule has 1 aromatic carbocycles. The second kappa shape index (κ2) is 6.07. The molecule has 0 saturated heterocycles. The van der Waals surface area contributed by atoms with Crippen LogP contribution in [0.4, 0.5) is 0 Å². The van der Waals surface area contributed by atoms with Crippen LogP contribution in [-0.4, -0.2) is 6.54 Å². The summed E-state index contributed by atoms with van der Waals surface area (Å²) in [7, 11) is 0. The van der Waals surface area contributed by atoms with E-state index in [0.29, 0.717) is 5.92 Å². The first-order chi connectivity index (χ1) is 9.11. The molecule has 102 valence electrons. The van der Waals surface area contributed by atoms with Crippen LogP contribution in [-0.2, 0) is 0 Å². The van der Waals surface area contributed by atoms with Gasteiger partial charge in [-0.3, -0.25) is 0 Å². The third kappa shape index (κ3) is 3.27. The molecule has 0 fully saturated rings. The molecule has 1 unspecified atom stereocenters. The Kier molecular flexibility index (Phi) is 4.43. The van der Waals surface area contributed by atoms with E-state index in [9.17, 15) is 0 Å². The maximum absolute atomic E-state index is 5.96. The standard InChI is InChI=1S/C17H23NO/c1-5-18-13(4)16-9-10-17(19-16)15-8-6-7-14(11-15)12(2)3/h6-13,18H,5H2,1-4H3. The highest BCUT2D eigenvalue weighted by Gasteiger charge is 2.11. The minimum absolute atomic E-state index is 0.257. The second-order valence-corrected chi connectivity index (χ2v) is 5.26. The van der Waals surface area contributed by atoms with Crippen molar-refractivity contribution >= 4 is 0 Å². The van der Waals surface area contributed by atoms with Crippen LogP contribution in [0.5, 0.6) is 0 Å². The molecule has 0 spiro atoms. The van der Waals surface area contributed by atoms with Crippen molar-refractivity contribution in [3.05, 3.63) is 47.7 Å². The van der Waals surface area contributed by atoms with E-state index < -0.39 is 0 Å². The van der Waals surface area contributed by atoms with Gasteiger partial charge < -0.3 is 9.73 Å². The van der Waals surface area contributed by atoms with Crippen LogP contribution in [0.1, 0.15) is 51.0 Å². The lowest BCUT2D eigenvalue weighted by atomic mass is 10.0. The largest absolute Gasteiger partial charge is 0.459 e. The lowest BCUT2D eigenvalue weighted by molar-refractivity contribution is 0.445. The van der Waals surface area contributed by atoms with Crippen molar-refractivity contribution in [3.8, 4) is 11.3 Å². The quantitative estimate of drug-likeness (QED) is 0.837. The van der Waals surface area contributed by atoms with E-state index in [-0.39, 0.29) is 6.04 Å². The second-order valence-electron chi connectivity index (χ2n) is 5.26. The van der Waals surface area contributed by atoms with Gasteiger partial charge in [0.25, 0.3) is 0 Å². The number of rotatable bonds is 5. The smallest absolute Gasteiger partial charge is 0.134 e. The van der Waals surface area contributed by atoms with Gasteiger partial charge in [0.05, 0.1) is 6.04 Å². The Morgan fingerprint density at radius 2 is 1.89 bits per heavy atom. The van der Waals surface area contributed by atoms with E-state index in [2.05, 4.69) is 69.4 Å². The maximum Gasteiger partial charge on any atom is 0.134 e. The van der Waals surface area contributed by atoms with Crippen LogP contribution < -0.4 is 5.32 Å². The van der Waals surface area contributed by atoms with Crippen LogP contribution >= 0.6 is 0 Å². The highest BCUT2D eigenvalue weighted by atomic mass is 16.3. The lowest BCUT2D eigenvalue weighted by Crippen LogP contribution is -2.16. The Labute approximate surface area is 115 Å². The number of benzene rings is 1. The first kappa shape index (κ1) is 13.9. The zero-order chi connectivity index (χ0) is 13.8. The van der Waals surface area contributed by atoms with Crippen molar-refractivity contribution in [1.29, 1.82) is 0 Å². The molecule has 0 bridgehead atoms. The molecule has 0 amide bonds. The summed E-state index contributed by atoms with van der Waals surface area (Å²) in [6, 6.07) is 13.0. The summed E-state index contributed by atoms with van der Waals surface area (Å²) in [6.07, 6.45) is 0. The van der Waals surface area contributed by atoms with Gasteiger partial charge in [-0.25, -0.2) is 0 Å². The molecule has 2 heteroatoms. The summed E-state index contributed by atoms with van der Waals surface area (Å²) in [5, 5.41) is 3.36. The normalized spacial score (nSPS) is 12.9. The Hall–Kier alpha value is -1.54. The zero-order valence-electron chi connectivity index (χ0n) is 12.2. The Bertz CT molecular complexity index is 528. The molecule has 0 saturated carbocycles. The van der Waals surface area contributed by atoms with E-state index in [1.54, 1.807) is 0 Å². The third-order valence-electron chi connectivity index (χ3n) is 3.40. The maximum atomic E-state index is 5.96. The predicted molar refractivity (Wildman–Crippen MR) is 80.3 cm³/mol. The van der Waals surface area contributed by atoms with Crippen molar-refractivity contribution in [2.24, 2.45) is 0 Å². The molecule has 19 heavy (non-hydrogen) atoms. The van der Waals surface area contributed by atoms with Gasteiger partial charge in [-0.1, -0.05) is 39.0 Å². The molecule has 1 atom stereocenters. The fourth-order valence-electron chi connectivity index (χ4n) is 2.20. The highest BCUT2D eigenvalue weighted by Crippen LogP contribution is 2.27. The van der Waals surface area contributed by atoms with E-state index in [4.69, 9.17) is 4.42 Å². The Morgan fingerprint density at radius 3 is 2.58 bits per heavy atom. The molecule has 0 aliphatic carbocycles. The SMILES string of the molecule is CCNC(C)c1ccc(-c2cccc(C(C)C)c2)o1. The molecular weight excluding hydrogens is 234 g/mol. The topological polar surface area (TPSA) is 25.2 Å². The highest BCUT2D eigenvalue weighted by molar-refractivity contribution is 5.59. The molecule has 2 aromatic rings. The average molecular weight is 257 g/mol. The minimum atomic E-state index is 0.257. The first-order valence-corrected chi connectivity index (χ1v) is 7.05. The van der Waals surface area contributed by atoms with Gasteiger partial charge >= 0.3 is 0 Å². The van der Waals surface area contributed by atoms with Crippen molar-refractivity contribution in [1.82, 2.24) is 5.32 Å². The Morgan fingerprint density at radius 1 is 1.11 bits per heavy atom. The molecule has 0 aliphatic rings. The molecule has 1 N–H and O–H groups in total. The lowest BCUT2D eigenvalue weighted by Gasteiger charge is -2.09. The Balaban J connectivity index is 2.25. The van der Waals surface area contributed by atoms with E-state index >= 15 is 0 Å². The van der Waals surface area contributed by atoms with Crippen molar-refractivity contribution in [2.75, 3.05) is 6.54 Å². The van der Waals surface area contributed by atoms with Crippen LogP contribution in [0.15, 0.2) is 40.8 Å². The molecule has 2 nitrogen and oxygen atoms in total. The number of nitrogens with one attached hydrogen (secondary N) is 1. The molecule has 1 aromatic heterocycles. The summed E-state index contributed by atoms with van der Waals surface area (Å²) in [4.78, 5) is 0. The number of hydrogen-bond acceptors (Lipinski definition) is 2. The van der Waals surface area contributed by atoms with E-state index in [0.717, 1.165) is 23.6 Å². The predicted octanol–water partition coefficient (Wildman–Crippen LogP) is 4.74. The summed E-state index contributed by atoms with van der Waals surface area (Å²) in [6.45, 7) is 9.59. The number of hydrogen-bond donors (Lipinski definition) is 1. The van der Waals surface area contributed by atoms with Gasteiger partial charge in [-0.2, -0.15) is 0 Å². The molecule has 1 heterocycles. The van der Waals surface area contributed by atoms with Crippen molar-refractivity contribution in [3.63, 3.8) is 0 Å². The van der Waals surface area contributed by atoms with Crippen LogP contribution in [0.2, 0.25) is 0 Å². The summed E-state index contributed by atoms with van der Waals surface area (Å²) >= 11 is 0. The van der Waals surface area contributed by atoms with Crippen LogP contribution in [0, 0.1) is 0 Å². The summed E-state index contributed by atoms with van der Waals surface area (Å²) in [5.74, 6) is 2.48. The fraction of sp³-hybridized carbons (Fsp3) is 0.412. The first-order valence-electron chi connectivity index (χ1n) is 7.05. The average Bonchev–Trinajstić information content (AvgIpc) is 2.89. The fourth-order valence-corrected chi connectivity index (χ4v) is 2.20. The molecule has 2 rings (SSSR count). The molecule has 0 radical (unpaired) electrons. The van der Waals surface area contributed by atoms with Gasteiger partial charge in [0.2, 0.25) is 0 Å². The third-order valence-corrected chi connectivity index (χ3v) is 3.40. The molecule has 0 aliphatic heterocycles. The van der Waals surface area contributed by atoms with Gasteiger partial charge in [-0.05, 0) is 43.1 Å². The minimum Gasteiger partial charge on any atom is -0.459 e. The van der Waals surface area contributed by atoms with Crippen LogP contribution in [0.3, 0.4) is 0 Å². The number of furan rings is 1. The zero-order valence-corrected chi connectivity index (χ0v) is 12.2. The van der Waals surface area contributed by atoms with Gasteiger partial charge in [0.1, 0.15) is 11.5 Å². The molecular formula is C17H23NO. The summed E-state index contributed by atoms with van der Waals surface area (Å²) in [5.41, 5.74) is 2.50. The van der Waals surface area contributed by atoms with Crippen molar-refractivity contribution < 1.29 is 4.42 Å². The van der Waals surface area contributed by atoms with E-state index in [1.165, 1.54) is 5.56 Å². The monoisotopic (exact) mass is 257 g/mol. The van der Waals surface area contributed by atoms with Gasteiger partial charge in [-0.15, -0.1) is 0 Å². The van der Waals surface area contributed by atoms with Gasteiger partial charge in [0.15, 0.2) is 0 Å². The van der Waals surface area contributed by atoms with Crippen molar-refractivity contribution in [2.45, 2.75) is 39.7 Å².